The molecule has 0 spiro atoms. The predicted molar refractivity (Wildman–Crippen MR) is 147 cm³/mol. The topological polar surface area (TPSA) is 83.1 Å². The summed E-state index contributed by atoms with van der Waals surface area (Å²) < 4.78 is 35.2. The van der Waals surface area contributed by atoms with Crippen LogP contribution in [0, 0.1) is 0 Å². The first-order chi connectivity index (χ1) is 17.4. The lowest BCUT2D eigenvalue weighted by Gasteiger charge is -2.36. The van der Waals surface area contributed by atoms with E-state index in [9.17, 15) is 13.2 Å². The van der Waals surface area contributed by atoms with E-state index in [2.05, 4.69) is 18.7 Å². The number of piperidine rings is 1. The van der Waals surface area contributed by atoms with Crippen molar-refractivity contribution in [2.45, 2.75) is 50.3 Å². The Morgan fingerprint density at radius 3 is 2.67 bits per heavy atom. The molecular formula is C25H34N4O4S3. The van der Waals surface area contributed by atoms with Gasteiger partial charge < -0.3 is 9.64 Å². The van der Waals surface area contributed by atoms with Crippen LogP contribution in [0.5, 0.6) is 5.75 Å². The van der Waals surface area contributed by atoms with Gasteiger partial charge >= 0.3 is 0 Å². The molecule has 0 saturated carbocycles. The maximum absolute atomic E-state index is 14.1. The second kappa shape index (κ2) is 12.0. The standard InChI is InChI=1S/C25H34N4O4S3/c1-4-27(5-2)15-16-28(25-26-20-13-12-19(33-6-3)18-22(20)35-25)24(30)21-10-7-8-14-29(21)36(31,32)23-11-9-17-34-23/h9,11-13,17-18,21H,4-8,10,14-16H2,1-3H3. The number of ether oxygens (including phenoxy) is 1. The number of thiophene rings is 1. The molecule has 0 aliphatic carbocycles. The van der Waals surface area contributed by atoms with Gasteiger partial charge in [-0.25, -0.2) is 13.4 Å². The van der Waals surface area contributed by atoms with Crippen LogP contribution >= 0.6 is 22.7 Å². The van der Waals surface area contributed by atoms with Gasteiger partial charge in [0, 0.05) is 19.6 Å². The maximum Gasteiger partial charge on any atom is 0.253 e. The molecule has 36 heavy (non-hydrogen) atoms. The van der Waals surface area contributed by atoms with Crippen molar-refractivity contribution in [2.24, 2.45) is 0 Å². The Hall–Kier alpha value is -2.05. The molecule has 3 aromatic rings. The lowest BCUT2D eigenvalue weighted by atomic mass is 10.0. The van der Waals surface area contributed by atoms with Gasteiger partial charge in [0.2, 0.25) is 5.91 Å². The van der Waals surface area contributed by atoms with E-state index in [-0.39, 0.29) is 10.1 Å². The van der Waals surface area contributed by atoms with Gasteiger partial charge in [-0.3, -0.25) is 9.69 Å². The van der Waals surface area contributed by atoms with Gasteiger partial charge in [0.15, 0.2) is 5.13 Å². The molecule has 0 N–H and O–H groups in total. The Bertz CT molecular complexity index is 1260. The minimum atomic E-state index is -3.75. The number of carbonyl (C=O) groups excluding carboxylic acids is 1. The van der Waals surface area contributed by atoms with Crippen LogP contribution in [-0.4, -0.2) is 73.9 Å². The first kappa shape index (κ1) is 27.0. The molecule has 4 rings (SSSR count). The monoisotopic (exact) mass is 550 g/mol. The van der Waals surface area contributed by atoms with Crippen molar-refractivity contribution in [3.8, 4) is 5.75 Å². The summed E-state index contributed by atoms with van der Waals surface area (Å²) in [6.45, 7) is 9.93. The number of carbonyl (C=O) groups is 1. The molecule has 1 amide bonds. The number of thiazole rings is 1. The van der Waals surface area contributed by atoms with E-state index in [1.165, 1.54) is 27.0 Å². The van der Waals surface area contributed by atoms with Crippen LogP contribution in [0.3, 0.4) is 0 Å². The number of anilines is 1. The van der Waals surface area contributed by atoms with Gasteiger partial charge in [-0.2, -0.15) is 4.31 Å². The van der Waals surface area contributed by atoms with Crippen LogP contribution in [0.15, 0.2) is 39.9 Å². The minimum Gasteiger partial charge on any atom is -0.494 e. The number of benzene rings is 1. The Morgan fingerprint density at radius 2 is 1.97 bits per heavy atom. The SMILES string of the molecule is CCOc1ccc2nc(N(CCN(CC)CC)C(=O)C3CCCCN3S(=O)(=O)c3cccs3)sc2c1. The van der Waals surface area contributed by atoms with E-state index in [4.69, 9.17) is 9.72 Å². The normalized spacial score (nSPS) is 17.1. The van der Waals surface area contributed by atoms with E-state index in [1.807, 2.05) is 25.1 Å². The third-order valence-corrected chi connectivity index (χ3v) is 10.8. The smallest absolute Gasteiger partial charge is 0.253 e. The molecule has 0 radical (unpaired) electrons. The summed E-state index contributed by atoms with van der Waals surface area (Å²) in [4.78, 5) is 22.8. The van der Waals surface area contributed by atoms with Crippen LogP contribution < -0.4 is 9.64 Å². The summed E-state index contributed by atoms with van der Waals surface area (Å²) in [6.07, 6.45) is 2.06. The average molecular weight is 551 g/mol. The third kappa shape index (κ3) is 5.75. The zero-order valence-electron chi connectivity index (χ0n) is 21.1. The van der Waals surface area contributed by atoms with Crippen molar-refractivity contribution in [1.29, 1.82) is 0 Å². The fourth-order valence-electron chi connectivity index (χ4n) is 4.49. The minimum absolute atomic E-state index is 0.203. The van der Waals surface area contributed by atoms with E-state index < -0.39 is 16.1 Å². The molecule has 1 aliphatic rings. The Morgan fingerprint density at radius 1 is 1.17 bits per heavy atom. The van der Waals surface area contributed by atoms with Gasteiger partial charge in [-0.15, -0.1) is 11.3 Å². The molecule has 1 aliphatic heterocycles. The molecule has 11 heteroatoms. The zero-order valence-corrected chi connectivity index (χ0v) is 23.5. The highest BCUT2D eigenvalue weighted by molar-refractivity contribution is 7.91. The summed E-state index contributed by atoms with van der Waals surface area (Å²) in [7, 11) is -3.75. The second-order valence-corrected chi connectivity index (χ2v) is 12.7. The highest BCUT2D eigenvalue weighted by atomic mass is 32.2. The van der Waals surface area contributed by atoms with Crippen molar-refractivity contribution in [2.75, 3.05) is 44.2 Å². The Kier molecular flexibility index (Phi) is 9.00. The molecule has 0 bridgehead atoms. The summed E-state index contributed by atoms with van der Waals surface area (Å²) in [5, 5.41) is 2.34. The van der Waals surface area contributed by atoms with Crippen molar-refractivity contribution >= 4 is 54.0 Å². The number of likely N-dealkylation sites (N-methyl/N-ethyl adjacent to an activating group) is 1. The number of amides is 1. The first-order valence-corrected chi connectivity index (χ1v) is 15.6. The number of rotatable bonds is 11. The average Bonchev–Trinajstić information content (AvgIpc) is 3.57. The van der Waals surface area contributed by atoms with Crippen LogP contribution in [0.1, 0.15) is 40.0 Å². The van der Waals surface area contributed by atoms with Crippen LogP contribution in [-0.2, 0) is 14.8 Å². The van der Waals surface area contributed by atoms with Gasteiger partial charge in [0.1, 0.15) is 16.0 Å². The molecule has 196 valence electrons. The number of aromatic nitrogens is 1. The highest BCUT2D eigenvalue weighted by Crippen LogP contribution is 2.34. The number of sulfonamides is 1. The molecule has 8 nitrogen and oxygen atoms in total. The number of nitrogens with zero attached hydrogens (tertiary/aromatic N) is 4. The number of hydrogen-bond acceptors (Lipinski definition) is 8. The highest BCUT2D eigenvalue weighted by Gasteiger charge is 2.40. The molecule has 1 aromatic carbocycles. The van der Waals surface area contributed by atoms with E-state index in [0.29, 0.717) is 37.8 Å². The summed E-state index contributed by atoms with van der Waals surface area (Å²) in [6, 6.07) is 8.33. The molecular weight excluding hydrogens is 517 g/mol. The molecule has 1 unspecified atom stereocenters. The largest absolute Gasteiger partial charge is 0.494 e. The maximum atomic E-state index is 14.1. The molecule has 3 heterocycles. The van der Waals surface area contributed by atoms with E-state index in [0.717, 1.165) is 41.9 Å². The van der Waals surface area contributed by atoms with Crippen LogP contribution in [0.4, 0.5) is 5.13 Å². The van der Waals surface area contributed by atoms with Crippen LogP contribution in [0.25, 0.3) is 10.2 Å². The van der Waals surface area contributed by atoms with Gasteiger partial charge in [-0.05, 0) is 62.5 Å². The first-order valence-electron chi connectivity index (χ1n) is 12.5. The van der Waals surface area contributed by atoms with Gasteiger partial charge in [-0.1, -0.05) is 37.7 Å². The molecule has 1 fully saturated rings. The Balaban J connectivity index is 1.69. The quantitative estimate of drug-likeness (QED) is 0.345. The van der Waals surface area contributed by atoms with Gasteiger partial charge in [0.25, 0.3) is 10.0 Å². The lowest BCUT2D eigenvalue weighted by molar-refractivity contribution is -0.123. The van der Waals surface area contributed by atoms with Crippen LogP contribution in [0.2, 0.25) is 0 Å². The fraction of sp³-hybridized carbons (Fsp3) is 0.520. The Labute approximate surface area is 221 Å². The molecule has 1 atom stereocenters. The lowest BCUT2D eigenvalue weighted by Crippen LogP contribution is -2.54. The van der Waals surface area contributed by atoms with E-state index in [1.54, 1.807) is 22.4 Å². The third-order valence-electron chi connectivity index (χ3n) is 6.49. The van der Waals surface area contributed by atoms with Crippen molar-refractivity contribution < 1.29 is 17.9 Å². The molecule has 1 saturated heterocycles. The van der Waals surface area contributed by atoms with Crippen molar-refractivity contribution in [3.05, 3.63) is 35.7 Å². The van der Waals surface area contributed by atoms with E-state index >= 15 is 0 Å². The fourth-order valence-corrected chi connectivity index (χ4v) is 8.29. The second-order valence-electron chi connectivity index (χ2n) is 8.64. The summed E-state index contributed by atoms with van der Waals surface area (Å²) in [5.41, 5.74) is 0.797. The molecule has 2 aromatic heterocycles. The zero-order chi connectivity index (χ0) is 25.7. The van der Waals surface area contributed by atoms with Crippen molar-refractivity contribution in [1.82, 2.24) is 14.2 Å². The summed E-state index contributed by atoms with van der Waals surface area (Å²) >= 11 is 2.63. The summed E-state index contributed by atoms with van der Waals surface area (Å²) in [5.74, 6) is 0.563. The predicted octanol–water partition coefficient (Wildman–Crippen LogP) is 4.67. The number of fused-ring (bicyclic) bond motifs is 1. The van der Waals surface area contributed by atoms with Gasteiger partial charge in [0.05, 0.1) is 16.8 Å². The number of hydrogen-bond donors (Lipinski definition) is 0. The van der Waals surface area contributed by atoms with Crippen molar-refractivity contribution in [3.63, 3.8) is 0 Å².